The van der Waals surface area contributed by atoms with E-state index in [0.29, 0.717) is 23.1 Å². The Morgan fingerprint density at radius 3 is 2.57 bits per heavy atom. The van der Waals surface area contributed by atoms with Crippen LogP contribution in [0.25, 0.3) is 0 Å². The molecule has 0 saturated carbocycles. The molecule has 1 aromatic heterocycles. The highest BCUT2D eigenvalue weighted by Crippen LogP contribution is 2.24. The van der Waals surface area contributed by atoms with Gasteiger partial charge in [0.1, 0.15) is 0 Å². The van der Waals surface area contributed by atoms with Crippen LogP contribution in [0, 0.1) is 0 Å². The van der Waals surface area contributed by atoms with Gasteiger partial charge in [0.2, 0.25) is 5.89 Å². The lowest BCUT2D eigenvalue weighted by Gasteiger charge is -2.06. The van der Waals surface area contributed by atoms with Gasteiger partial charge >= 0.3 is 6.01 Å². The van der Waals surface area contributed by atoms with Gasteiger partial charge in [0, 0.05) is 15.0 Å². The van der Waals surface area contributed by atoms with Gasteiger partial charge in [0.15, 0.2) is 0 Å². The van der Waals surface area contributed by atoms with Crippen LogP contribution in [-0.4, -0.2) is 27.1 Å². The average Bonchev–Trinajstić information content (AvgIpc) is 3.10. The van der Waals surface area contributed by atoms with E-state index >= 15 is 0 Å². The summed E-state index contributed by atoms with van der Waals surface area (Å²) in [6.07, 6.45) is 0.526. The SMILES string of the molecule is CCSc1ccccc1C(=O)Nc1nnc(Cc2ccc(SC(C)C)cc2)o1. The average molecular weight is 414 g/mol. The molecule has 0 aliphatic rings. The van der Waals surface area contributed by atoms with E-state index in [4.69, 9.17) is 4.42 Å². The summed E-state index contributed by atoms with van der Waals surface area (Å²) in [5, 5.41) is 11.2. The lowest BCUT2D eigenvalue weighted by molar-refractivity contribution is 0.102. The van der Waals surface area contributed by atoms with Gasteiger partial charge in [-0.15, -0.1) is 28.6 Å². The lowest BCUT2D eigenvalue weighted by atomic mass is 10.1. The number of carbonyl (C=O) groups excluding carboxylic acids is 1. The van der Waals surface area contributed by atoms with Gasteiger partial charge in [0.05, 0.1) is 12.0 Å². The molecule has 0 bridgehead atoms. The van der Waals surface area contributed by atoms with Gasteiger partial charge in [-0.3, -0.25) is 10.1 Å². The van der Waals surface area contributed by atoms with Crippen molar-refractivity contribution in [3.8, 4) is 0 Å². The van der Waals surface area contributed by atoms with E-state index in [-0.39, 0.29) is 11.9 Å². The van der Waals surface area contributed by atoms with Crippen LogP contribution in [-0.2, 0) is 6.42 Å². The fourth-order valence-electron chi connectivity index (χ4n) is 2.61. The topological polar surface area (TPSA) is 68.0 Å². The number of aromatic nitrogens is 2. The minimum absolute atomic E-state index is 0.114. The van der Waals surface area contributed by atoms with E-state index < -0.39 is 0 Å². The molecule has 1 N–H and O–H groups in total. The van der Waals surface area contributed by atoms with Gasteiger partial charge in [-0.2, -0.15) is 0 Å². The maximum absolute atomic E-state index is 12.5. The predicted octanol–water partition coefficient (Wildman–Crippen LogP) is 5.53. The maximum atomic E-state index is 12.5. The zero-order valence-electron chi connectivity index (χ0n) is 16.1. The minimum Gasteiger partial charge on any atom is -0.407 e. The lowest BCUT2D eigenvalue weighted by Crippen LogP contribution is -2.13. The molecular weight excluding hydrogens is 390 g/mol. The van der Waals surface area contributed by atoms with Crippen LogP contribution in [0.4, 0.5) is 6.01 Å². The first kappa shape index (κ1) is 20.5. The molecule has 0 unspecified atom stereocenters. The largest absolute Gasteiger partial charge is 0.407 e. The Morgan fingerprint density at radius 2 is 1.86 bits per heavy atom. The quantitative estimate of drug-likeness (QED) is 0.490. The molecule has 0 atom stereocenters. The Balaban J connectivity index is 1.63. The summed E-state index contributed by atoms with van der Waals surface area (Å²) in [7, 11) is 0. The van der Waals surface area contributed by atoms with Crippen LogP contribution in [0.5, 0.6) is 0 Å². The van der Waals surface area contributed by atoms with Crippen molar-refractivity contribution in [2.45, 2.75) is 42.2 Å². The monoisotopic (exact) mass is 413 g/mol. The molecule has 3 rings (SSSR count). The zero-order valence-corrected chi connectivity index (χ0v) is 17.8. The maximum Gasteiger partial charge on any atom is 0.322 e. The van der Waals surface area contributed by atoms with Crippen LogP contribution in [0.3, 0.4) is 0 Å². The molecule has 2 aromatic carbocycles. The van der Waals surface area contributed by atoms with Gasteiger partial charge in [-0.05, 0) is 35.6 Å². The van der Waals surface area contributed by atoms with E-state index in [1.165, 1.54) is 4.90 Å². The molecule has 0 aliphatic heterocycles. The first-order chi connectivity index (χ1) is 13.5. The number of nitrogens with zero attached hydrogens (tertiary/aromatic N) is 2. The van der Waals surface area contributed by atoms with Crippen molar-refractivity contribution in [2.75, 3.05) is 11.1 Å². The second-order valence-corrected chi connectivity index (χ2v) is 9.33. The molecule has 28 heavy (non-hydrogen) atoms. The molecule has 3 aromatic rings. The van der Waals surface area contributed by atoms with Crippen molar-refractivity contribution in [1.29, 1.82) is 0 Å². The highest BCUT2D eigenvalue weighted by atomic mass is 32.2. The normalized spacial score (nSPS) is 11.0. The number of anilines is 1. The van der Waals surface area contributed by atoms with Crippen LogP contribution in [0.1, 0.15) is 42.6 Å². The summed E-state index contributed by atoms with van der Waals surface area (Å²) in [6.45, 7) is 6.40. The number of carbonyl (C=O) groups is 1. The smallest absolute Gasteiger partial charge is 0.322 e. The Hall–Kier alpha value is -2.25. The molecule has 0 aliphatic carbocycles. The summed E-state index contributed by atoms with van der Waals surface area (Å²) in [5.41, 5.74) is 1.69. The molecule has 1 heterocycles. The van der Waals surface area contributed by atoms with Crippen molar-refractivity contribution in [1.82, 2.24) is 10.2 Å². The third kappa shape index (κ3) is 5.62. The first-order valence-electron chi connectivity index (χ1n) is 9.16. The van der Waals surface area contributed by atoms with Gasteiger partial charge in [-0.25, -0.2) is 0 Å². The third-order valence-electron chi connectivity index (χ3n) is 3.77. The number of hydrogen-bond acceptors (Lipinski definition) is 6. The minimum atomic E-state index is -0.248. The number of thioether (sulfide) groups is 2. The van der Waals surface area contributed by atoms with Gasteiger partial charge < -0.3 is 4.42 Å². The van der Waals surface area contributed by atoms with Crippen LogP contribution >= 0.6 is 23.5 Å². The second-order valence-electron chi connectivity index (χ2n) is 6.37. The van der Waals surface area contributed by atoms with Crippen molar-refractivity contribution in [2.24, 2.45) is 0 Å². The molecule has 146 valence electrons. The van der Waals surface area contributed by atoms with E-state index in [2.05, 4.69) is 60.6 Å². The zero-order chi connectivity index (χ0) is 19.9. The van der Waals surface area contributed by atoms with E-state index in [1.807, 2.05) is 30.0 Å². The third-order valence-corrected chi connectivity index (χ3v) is 5.74. The summed E-state index contributed by atoms with van der Waals surface area (Å²) >= 11 is 3.45. The Labute approximate surface area is 173 Å². The molecule has 0 fully saturated rings. The van der Waals surface area contributed by atoms with Gasteiger partial charge in [0.25, 0.3) is 5.91 Å². The molecule has 0 saturated heterocycles. The van der Waals surface area contributed by atoms with Crippen LogP contribution in [0.2, 0.25) is 0 Å². The van der Waals surface area contributed by atoms with Crippen LogP contribution in [0.15, 0.2) is 62.7 Å². The fourth-order valence-corrected chi connectivity index (χ4v) is 4.25. The Kier molecular flexibility index (Phi) is 7.17. The standard InChI is InChI=1S/C21H23N3O2S2/c1-4-27-18-8-6-5-7-17(18)20(25)22-21-24-23-19(26-21)13-15-9-11-16(12-10-15)28-14(2)3/h5-12,14H,4,13H2,1-3H3,(H,22,24,25). The molecule has 0 radical (unpaired) electrons. The predicted molar refractivity (Wildman–Crippen MR) is 115 cm³/mol. The highest BCUT2D eigenvalue weighted by Gasteiger charge is 2.15. The van der Waals surface area contributed by atoms with Crippen molar-refractivity contribution < 1.29 is 9.21 Å². The molecule has 1 amide bonds. The van der Waals surface area contributed by atoms with E-state index in [0.717, 1.165) is 16.2 Å². The molecular formula is C21H23N3O2S2. The number of amides is 1. The summed E-state index contributed by atoms with van der Waals surface area (Å²) < 4.78 is 5.61. The van der Waals surface area contributed by atoms with Crippen LogP contribution < -0.4 is 5.32 Å². The van der Waals surface area contributed by atoms with Crippen molar-refractivity contribution in [3.05, 3.63) is 65.5 Å². The highest BCUT2D eigenvalue weighted by molar-refractivity contribution is 8.00. The van der Waals surface area contributed by atoms with E-state index in [9.17, 15) is 4.79 Å². The summed E-state index contributed by atoms with van der Waals surface area (Å²) in [5.74, 6) is 1.11. The molecule has 7 heteroatoms. The Bertz CT molecular complexity index is 923. The van der Waals surface area contributed by atoms with E-state index in [1.54, 1.807) is 17.8 Å². The summed E-state index contributed by atoms with van der Waals surface area (Å²) in [4.78, 5) is 14.7. The van der Waals surface area contributed by atoms with Gasteiger partial charge in [-0.1, -0.05) is 50.1 Å². The Morgan fingerprint density at radius 1 is 1.11 bits per heavy atom. The number of rotatable bonds is 8. The second kappa shape index (κ2) is 9.80. The summed E-state index contributed by atoms with van der Waals surface area (Å²) in [6, 6.07) is 15.9. The molecule has 0 spiro atoms. The number of nitrogens with one attached hydrogen (secondary N) is 1. The first-order valence-corrected chi connectivity index (χ1v) is 11.0. The number of hydrogen-bond donors (Lipinski definition) is 1. The van der Waals surface area contributed by atoms with Crippen molar-refractivity contribution in [3.63, 3.8) is 0 Å². The number of benzene rings is 2. The van der Waals surface area contributed by atoms with Crippen molar-refractivity contribution >= 4 is 35.4 Å². The molecule has 5 nitrogen and oxygen atoms in total. The fraction of sp³-hybridized carbons (Fsp3) is 0.286.